The predicted molar refractivity (Wildman–Crippen MR) is 174 cm³/mol. The van der Waals surface area contributed by atoms with Crippen LogP contribution in [0.2, 0.25) is 0 Å². The van der Waals surface area contributed by atoms with Gasteiger partial charge in [-0.05, 0) is 105 Å². The lowest BCUT2D eigenvalue weighted by atomic mass is 9.86. The molecule has 0 unspecified atom stereocenters. The van der Waals surface area contributed by atoms with E-state index in [1.807, 2.05) is 0 Å². The Morgan fingerprint density at radius 3 is 1.75 bits per heavy atom. The molecule has 0 aliphatic heterocycles. The molecular weight excluding hydrogens is 480 g/mol. The van der Waals surface area contributed by atoms with Crippen molar-refractivity contribution in [3.63, 3.8) is 0 Å². The molecule has 0 saturated heterocycles. The molecular formula is C40H24. The van der Waals surface area contributed by atoms with E-state index in [-0.39, 0.29) is 0 Å². The molecule has 0 bridgehead atoms. The van der Waals surface area contributed by atoms with Crippen LogP contribution in [0.3, 0.4) is 0 Å². The summed E-state index contributed by atoms with van der Waals surface area (Å²) < 4.78 is 0. The van der Waals surface area contributed by atoms with Crippen molar-refractivity contribution in [3.8, 4) is 22.3 Å². The summed E-state index contributed by atoms with van der Waals surface area (Å²) in [6, 6.07) is 53.9. The minimum Gasteiger partial charge on any atom is -0.0622 e. The van der Waals surface area contributed by atoms with E-state index in [2.05, 4.69) is 146 Å². The van der Waals surface area contributed by atoms with Crippen molar-refractivity contribution in [3.05, 3.63) is 146 Å². The molecule has 9 aromatic rings. The minimum absolute atomic E-state index is 1.26. The standard InChI is InChI=1S/C40H24/c1-2-8-25(9-3-1)33-19-17-27-14-15-29-22-31(23-30-18-21-35(33)40(27)38(29)30)39-34-13-7-5-11-28(34)24-37-32-12-6-4-10-26(32)16-20-36(37)39/h1-24H. The third-order valence-electron chi connectivity index (χ3n) is 8.74. The molecule has 0 heteroatoms. The zero-order chi connectivity index (χ0) is 26.2. The molecule has 0 saturated carbocycles. The Labute approximate surface area is 232 Å². The van der Waals surface area contributed by atoms with Gasteiger partial charge in [-0.1, -0.05) is 127 Å². The van der Waals surface area contributed by atoms with Crippen LogP contribution in [-0.2, 0) is 0 Å². The van der Waals surface area contributed by atoms with Gasteiger partial charge in [0.1, 0.15) is 0 Å². The second-order valence-corrected chi connectivity index (χ2v) is 10.9. The molecule has 0 atom stereocenters. The summed E-state index contributed by atoms with van der Waals surface area (Å²) in [5.41, 5.74) is 5.13. The van der Waals surface area contributed by atoms with Gasteiger partial charge in [0.05, 0.1) is 0 Å². The van der Waals surface area contributed by atoms with Gasteiger partial charge in [-0.2, -0.15) is 0 Å². The van der Waals surface area contributed by atoms with Crippen LogP contribution in [0, 0.1) is 0 Å². The molecule has 184 valence electrons. The predicted octanol–water partition coefficient (Wildman–Crippen LogP) is 11.4. The lowest BCUT2D eigenvalue weighted by Crippen LogP contribution is -1.90. The molecule has 9 aromatic carbocycles. The van der Waals surface area contributed by atoms with Crippen molar-refractivity contribution in [2.75, 3.05) is 0 Å². The van der Waals surface area contributed by atoms with Crippen molar-refractivity contribution >= 4 is 64.6 Å². The summed E-state index contributed by atoms with van der Waals surface area (Å²) in [5, 5.41) is 15.7. The topological polar surface area (TPSA) is 0 Å². The first-order chi connectivity index (χ1) is 19.8. The Bertz CT molecular complexity index is 2390. The SMILES string of the molecule is c1ccc(-c2ccc3ccc4cc(-c5c6ccccc6cc6c5ccc5ccccc56)cc5ccc2c3c45)cc1. The Balaban J connectivity index is 1.39. The maximum absolute atomic E-state index is 2.41. The van der Waals surface area contributed by atoms with Crippen LogP contribution in [0.5, 0.6) is 0 Å². The van der Waals surface area contributed by atoms with E-state index in [1.165, 1.54) is 86.9 Å². The smallest absolute Gasteiger partial charge is 0.00206 e. The number of hydrogen-bond donors (Lipinski definition) is 0. The van der Waals surface area contributed by atoms with E-state index in [0.717, 1.165) is 0 Å². The van der Waals surface area contributed by atoms with E-state index in [4.69, 9.17) is 0 Å². The Hall–Kier alpha value is -5.20. The highest BCUT2D eigenvalue weighted by molar-refractivity contribution is 6.27. The molecule has 0 nitrogen and oxygen atoms in total. The summed E-state index contributed by atoms with van der Waals surface area (Å²) in [5.74, 6) is 0. The van der Waals surface area contributed by atoms with Crippen LogP contribution in [0.1, 0.15) is 0 Å². The Kier molecular flexibility index (Phi) is 4.42. The molecule has 0 amide bonds. The summed E-state index contributed by atoms with van der Waals surface area (Å²) in [6.45, 7) is 0. The zero-order valence-corrected chi connectivity index (χ0v) is 21.9. The normalized spacial score (nSPS) is 12.0. The monoisotopic (exact) mass is 504 g/mol. The minimum atomic E-state index is 1.26. The molecule has 40 heavy (non-hydrogen) atoms. The number of fused-ring (bicyclic) bond motifs is 4. The average molecular weight is 505 g/mol. The highest BCUT2D eigenvalue weighted by Crippen LogP contribution is 2.44. The van der Waals surface area contributed by atoms with Gasteiger partial charge in [0.2, 0.25) is 0 Å². The van der Waals surface area contributed by atoms with E-state index in [1.54, 1.807) is 0 Å². The third kappa shape index (κ3) is 3.02. The number of hydrogen-bond acceptors (Lipinski definition) is 0. The van der Waals surface area contributed by atoms with Gasteiger partial charge in [0.15, 0.2) is 0 Å². The van der Waals surface area contributed by atoms with Crippen LogP contribution in [-0.4, -0.2) is 0 Å². The van der Waals surface area contributed by atoms with Crippen LogP contribution in [0.4, 0.5) is 0 Å². The summed E-state index contributed by atoms with van der Waals surface area (Å²) in [4.78, 5) is 0. The molecule has 0 heterocycles. The molecule has 0 aromatic heterocycles. The molecule has 0 aliphatic carbocycles. The largest absolute Gasteiger partial charge is 0.0622 e. The van der Waals surface area contributed by atoms with Gasteiger partial charge < -0.3 is 0 Å². The van der Waals surface area contributed by atoms with Gasteiger partial charge in [-0.25, -0.2) is 0 Å². The van der Waals surface area contributed by atoms with Crippen LogP contribution < -0.4 is 0 Å². The quantitative estimate of drug-likeness (QED) is 0.162. The van der Waals surface area contributed by atoms with Gasteiger partial charge in [-0.3, -0.25) is 0 Å². The molecule has 9 rings (SSSR count). The molecule has 0 N–H and O–H groups in total. The van der Waals surface area contributed by atoms with E-state index >= 15 is 0 Å². The molecule has 0 radical (unpaired) electrons. The summed E-state index contributed by atoms with van der Waals surface area (Å²) in [6.07, 6.45) is 0. The fourth-order valence-corrected chi connectivity index (χ4v) is 6.96. The van der Waals surface area contributed by atoms with Gasteiger partial charge >= 0.3 is 0 Å². The van der Waals surface area contributed by atoms with Crippen molar-refractivity contribution in [1.82, 2.24) is 0 Å². The maximum Gasteiger partial charge on any atom is -0.00206 e. The van der Waals surface area contributed by atoms with Crippen molar-refractivity contribution in [1.29, 1.82) is 0 Å². The first-order valence-corrected chi connectivity index (χ1v) is 13.9. The van der Waals surface area contributed by atoms with Crippen LogP contribution in [0.15, 0.2) is 146 Å². The average Bonchev–Trinajstić information content (AvgIpc) is 3.02. The van der Waals surface area contributed by atoms with Gasteiger partial charge in [0, 0.05) is 0 Å². The van der Waals surface area contributed by atoms with Crippen LogP contribution >= 0.6 is 0 Å². The Morgan fingerprint density at radius 1 is 0.275 bits per heavy atom. The van der Waals surface area contributed by atoms with Crippen LogP contribution in [0.25, 0.3) is 86.9 Å². The second kappa shape index (κ2) is 8.15. The molecule has 0 spiro atoms. The second-order valence-electron chi connectivity index (χ2n) is 10.9. The van der Waals surface area contributed by atoms with Crippen molar-refractivity contribution in [2.45, 2.75) is 0 Å². The zero-order valence-electron chi connectivity index (χ0n) is 21.9. The fraction of sp³-hybridized carbons (Fsp3) is 0. The number of rotatable bonds is 2. The van der Waals surface area contributed by atoms with E-state index < -0.39 is 0 Å². The summed E-state index contributed by atoms with van der Waals surface area (Å²) >= 11 is 0. The maximum atomic E-state index is 2.41. The highest BCUT2D eigenvalue weighted by atomic mass is 14.2. The van der Waals surface area contributed by atoms with E-state index in [9.17, 15) is 0 Å². The summed E-state index contributed by atoms with van der Waals surface area (Å²) in [7, 11) is 0. The number of benzene rings is 9. The first-order valence-electron chi connectivity index (χ1n) is 13.9. The van der Waals surface area contributed by atoms with Crippen molar-refractivity contribution in [2.24, 2.45) is 0 Å². The van der Waals surface area contributed by atoms with E-state index in [0.29, 0.717) is 0 Å². The van der Waals surface area contributed by atoms with Gasteiger partial charge in [0.25, 0.3) is 0 Å². The highest BCUT2D eigenvalue weighted by Gasteiger charge is 2.16. The van der Waals surface area contributed by atoms with Crippen molar-refractivity contribution < 1.29 is 0 Å². The third-order valence-corrected chi connectivity index (χ3v) is 8.74. The fourth-order valence-electron chi connectivity index (χ4n) is 6.96. The molecule has 0 aliphatic rings. The Morgan fingerprint density at radius 2 is 0.900 bits per heavy atom. The molecule has 0 fully saturated rings. The first kappa shape index (κ1) is 21.7. The lowest BCUT2D eigenvalue weighted by Gasteiger charge is -2.18. The van der Waals surface area contributed by atoms with Gasteiger partial charge in [-0.15, -0.1) is 0 Å². The lowest BCUT2D eigenvalue weighted by molar-refractivity contribution is 1.66.